The quantitative estimate of drug-likeness (QED) is 0.762. The van der Waals surface area contributed by atoms with Crippen LogP contribution in [0.15, 0.2) is 22.9 Å². The minimum Gasteiger partial charge on any atom is -0.371 e. The third-order valence-electron chi connectivity index (χ3n) is 1.10. The molecule has 0 spiro atoms. The van der Waals surface area contributed by atoms with Gasteiger partial charge in [0.05, 0.1) is 0 Å². The highest BCUT2D eigenvalue weighted by Gasteiger charge is 1.95. The molecule has 0 fully saturated rings. The molecule has 0 bridgehead atoms. The van der Waals surface area contributed by atoms with E-state index in [0.29, 0.717) is 6.42 Å². The smallest absolute Gasteiger partial charge is 0.324 e. The molecule has 0 saturated heterocycles. The largest absolute Gasteiger partial charge is 0.371 e. The van der Waals surface area contributed by atoms with Crippen molar-refractivity contribution in [3.05, 3.63) is 22.9 Å². The van der Waals surface area contributed by atoms with Crippen LogP contribution in [0.3, 0.4) is 0 Å². The van der Waals surface area contributed by atoms with E-state index >= 15 is 0 Å². The van der Waals surface area contributed by atoms with Crippen molar-refractivity contribution in [3.63, 3.8) is 0 Å². The van der Waals surface area contributed by atoms with Gasteiger partial charge in [-0.25, -0.2) is 0 Å². The number of carbonyl (C=O) groups is 1. The predicted molar refractivity (Wildman–Crippen MR) is 54.4 cm³/mol. The van der Waals surface area contributed by atoms with Crippen LogP contribution in [0.5, 0.6) is 0 Å². The zero-order valence-corrected chi connectivity index (χ0v) is 8.76. The van der Waals surface area contributed by atoms with Gasteiger partial charge < -0.3 is 4.84 Å². The van der Waals surface area contributed by atoms with Gasteiger partial charge in [-0.15, -0.1) is 0 Å². The summed E-state index contributed by atoms with van der Waals surface area (Å²) in [5.41, 5.74) is 2.30. The van der Waals surface area contributed by atoms with Crippen LogP contribution in [0.2, 0.25) is 0 Å². The summed E-state index contributed by atoms with van der Waals surface area (Å²) in [7, 11) is 1.56. The number of hydrogen-bond donors (Lipinski definition) is 1. The van der Waals surface area contributed by atoms with Crippen LogP contribution >= 0.6 is 11.3 Å². The fourth-order valence-corrected chi connectivity index (χ4v) is 1.05. The summed E-state index contributed by atoms with van der Waals surface area (Å²) in [4.78, 5) is 14.8. The fraction of sp³-hybridized carbons (Fsp3) is 0.444. The highest BCUT2D eigenvalue weighted by atomic mass is 32.1. The molecule has 4 heteroatoms. The number of hydroxylamine groups is 1. The summed E-state index contributed by atoms with van der Waals surface area (Å²) in [5.74, 6) is -0.199. The zero-order chi connectivity index (χ0) is 9.94. The molecule has 1 aromatic heterocycles. The van der Waals surface area contributed by atoms with Gasteiger partial charge in [0.2, 0.25) is 0 Å². The standard InChI is InChI=1S/C5H11NO2.C4H4S/c1-3-4-5(7)8-6-2;1-2-4-5-3-1/h6H,3-4H2,1-2H3;1-4H. The molecule has 1 rings (SSSR count). The Hall–Kier alpha value is -0.870. The van der Waals surface area contributed by atoms with Crippen LogP contribution in [0, 0.1) is 0 Å². The highest BCUT2D eigenvalue weighted by molar-refractivity contribution is 7.07. The molecule has 13 heavy (non-hydrogen) atoms. The van der Waals surface area contributed by atoms with Crippen molar-refractivity contribution in [2.24, 2.45) is 0 Å². The first-order valence-corrected chi connectivity index (χ1v) is 5.09. The molecular weight excluding hydrogens is 186 g/mol. The first-order valence-electron chi connectivity index (χ1n) is 4.14. The minimum absolute atomic E-state index is 0.199. The lowest BCUT2D eigenvalue weighted by atomic mass is 10.3. The molecular formula is C9H15NO2S. The van der Waals surface area contributed by atoms with Crippen molar-refractivity contribution in [2.75, 3.05) is 7.05 Å². The number of hydrogen-bond acceptors (Lipinski definition) is 4. The van der Waals surface area contributed by atoms with E-state index in [4.69, 9.17) is 0 Å². The second kappa shape index (κ2) is 9.22. The second-order valence-corrected chi connectivity index (χ2v) is 3.04. The van der Waals surface area contributed by atoms with Crippen molar-refractivity contribution in [1.29, 1.82) is 0 Å². The number of rotatable bonds is 3. The van der Waals surface area contributed by atoms with E-state index in [1.54, 1.807) is 18.4 Å². The summed E-state index contributed by atoms with van der Waals surface area (Å²) in [6.07, 6.45) is 1.32. The Labute approximate surface area is 82.7 Å². The van der Waals surface area contributed by atoms with E-state index in [1.807, 2.05) is 29.8 Å². The minimum atomic E-state index is -0.199. The highest BCUT2D eigenvalue weighted by Crippen LogP contribution is 1.91. The molecule has 0 aliphatic rings. The number of carbonyl (C=O) groups excluding carboxylic acids is 1. The monoisotopic (exact) mass is 201 g/mol. The molecule has 0 radical (unpaired) electrons. The van der Waals surface area contributed by atoms with E-state index in [1.165, 1.54) is 0 Å². The average Bonchev–Trinajstić information content (AvgIpc) is 2.61. The van der Waals surface area contributed by atoms with Crippen LogP contribution < -0.4 is 5.48 Å². The van der Waals surface area contributed by atoms with Crippen molar-refractivity contribution >= 4 is 17.3 Å². The van der Waals surface area contributed by atoms with Gasteiger partial charge in [0.25, 0.3) is 0 Å². The Balaban J connectivity index is 0.000000243. The molecule has 0 amide bonds. The maximum atomic E-state index is 10.4. The van der Waals surface area contributed by atoms with Gasteiger partial charge >= 0.3 is 5.97 Å². The van der Waals surface area contributed by atoms with Crippen molar-refractivity contribution < 1.29 is 9.63 Å². The molecule has 0 unspecified atom stereocenters. The molecule has 74 valence electrons. The molecule has 0 aliphatic carbocycles. The Morgan fingerprint density at radius 1 is 1.46 bits per heavy atom. The average molecular weight is 201 g/mol. The SMILES string of the molecule is CCCC(=O)ONC.c1ccsc1. The first-order chi connectivity index (χ1) is 6.31. The second-order valence-electron chi connectivity index (χ2n) is 2.22. The van der Waals surface area contributed by atoms with Crippen LogP contribution in [-0.2, 0) is 9.63 Å². The summed E-state index contributed by atoms with van der Waals surface area (Å²) >= 11 is 1.71. The van der Waals surface area contributed by atoms with Crippen molar-refractivity contribution in [2.45, 2.75) is 19.8 Å². The van der Waals surface area contributed by atoms with Gasteiger partial charge in [0, 0.05) is 13.5 Å². The third kappa shape index (κ3) is 9.04. The van der Waals surface area contributed by atoms with Gasteiger partial charge in [-0.1, -0.05) is 19.1 Å². The van der Waals surface area contributed by atoms with Gasteiger partial charge in [0.1, 0.15) is 0 Å². The molecule has 1 N–H and O–H groups in total. The molecule has 0 aliphatic heterocycles. The molecule has 1 aromatic rings. The molecule has 0 saturated carbocycles. The Kier molecular flexibility index (Phi) is 8.60. The first kappa shape index (κ1) is 12.1. The van der Waals surface area contributed by atoms with E-state index in [9.17, 15) is 4.79 Å². The molecule has 0 atom stereocenters. The van der Waals surface area contributed by atoms with Gasteiger partial charge in [-0.2, -0.15) is 16.8 Å². The van der Waals surface area contributed by atoms with Crippen LogP contribution in [0.25, 0.3) is 0 Å². The molecule has 0 aromatic carbocycles. The summed E-state index contributed by atoms with van der Waals surface area (Å²) in [5, 5.41) is 4.08. The number of nitrogens with one attached hydrogen (secondary N) is 1. The van der Waals surface area contributed by atoms with E-state index < -0.39 is 0 Å². The predicted octanol–water partition coefficient (Wildman–Crippen LogP) is 2.21. The van der Waals surface area contributed by atoms with Crippen LogP contribution in [-0.4, -0.2) is 13.0 Å². The lowest BCUT2D eigenvalue weighted by molar-refractivity contribution is -0.149. The lowest BCUT2D eigenvalue weighted by Gasteiger charge is -1.96. The summed E-state index contributed by atoms with van der Waals surface area (Å²) < 4.78 is 0. The number of thiophene rings is 1. The Bertz CT molecular complexity index is 174. The Morgan fingerprint density at radius 2 is 2.08 bits per heavy atom. The lowest BCUT2D eigenvalue weighted by Crippen LogP contribution is -2.14. The van der Waals surface area contributed by atoms with Gasteiger partial charge in [-0.3, -0.25) is 4.79 Å². The van der Waals surface area contributed by atoms with Gasteiger partial charge in [-0.05, 0) is 17.2 Å². The molecule has 1 heterocycles. The topological polar surface area (TPSA) is 38.3 Å². The third-order valence-corrected chi connectivity index (χ3v) is 1.72. The normalized spacial score (nSPS) is 8.46. The maximum Gasteiger partial charge on any atom is 0.324 e. The van der Waals surface area contributed by atoms with Crippen LogP contribution in [0.4, 0.5) is 0 Å². The zero-order valence-electron chi connectivity index (χ0n) is 7.95. The Morgan fingerprint density at radius 3 is 2.38 bits per heavy atom. The van der Waals surface area contributed by atoms with Gasteiger partial charge in [0.15, 0.2) is 0 Å². The molecule has 3 nitrogen and oxygen atoms in total. The fourth-order valence-electron chi connectivity index (χ4n) is 0.596. The summed E-state index contributed by atoms with van der Waals surface area (Å²) in [6, 6.07) is 4.04. The van der Waals surface area contributed by atoms with E-state index in [0.717, 1.165) is 6.42 Å². The van der Waals surface area contributed by atoms with Crippen molar-refractivity contribution in [1.82, 2.24) is 5.48 Å². The summed E-state index contributed by atoms with van der Waals surface area (Å²) in [6.45, 7) is 1.93. The van der Waals surface area contributed by atoms with E-state index in [2.05, 4.69) is 10.3 Å². The van der Waals surface area contributed by atoms with Crippen LogP contribution in [0.1, 0.15) is 19.8 Å². The van der Waals surface area contributed by atoms with E-state index in [-0.39, 0.29) is 5.97 Å². The van der Waals surface area contributed by atoms with Crippen molar-refractivity contribution in [3.8, 4) is 0 Å². The maximum absolute atomic E-state index is 10.4.